The van der Waals surface area contributed by atoms with Crippen LogP contribution in [0.1, 0.15) is 31.5 Å². The molecule has 0 bridgehead atoms. The molecule has 2 aromatic heterocycles. The minimum absolute atomic E-state index is 0.201. The quantitative estimate of drug-likeness (QED) is 0.851. The van der Waals surface area contributed by atoms with E-state index >= 15 is 0 Å². The molecule has 22 heavy (non-hydrogen) atoms. The van der Waals surface area contributed by atoms with Crippen LogP contribution in [0.5, 0.6) is 0 Å². The molecule has 1 fully saturated rings. The Hall–Kier alpha value is -1.80. The number of sulfonamides is 1. The molecule has 0 N–H and O–H groups in total. The van der Waals surface area contributed by atoms with Crippen LogP contribution in [-0.2, 0) is 16.6 Å². The molecule has 0 saturated carbocycles. The molecule has 1 unspecified atom stereocenters. The lowest BCUT2D eigenvalue weighted by Gasteiger charge is -2.21. The van der Waals surface area contributed by atoms with Crippen LogP contribution >= 0.6 is 0 Å². The van der Waals surface area contributed by atoms with E-state index in [0.717, 1.165) is 30.8 Å². The second kappa shape index (κ2) is 5.77. The van der Waals surface area contributed by atoms with Crippen LogP contribution in [0.3, 0.4) is 0 Å². The van der Waals surface area contributed by atoms with Crippen molar-refractivity contribution in [3.63, 3.8) is 0 Å². The molecule has 1 aliphatic heterocycles. The van der Waals surface area contributed by atoms with E-state index in [0.29, 0.717) is 12.2 Å². The minimum atomic E-state index is -3.21. The number of hydrogen-bond acceptors (Lipinski definition) is 5. The molecule has 3 rings (SSSR count). The van der Waals surface area contributed by atoms with Gasteiger partial charge in [-0.05, 0) is 25.8 Å². The van der Waals surface area contributed by atoms with Gasteiger partial charge in [-0.25, -0.2) is 8.42 Å². The van der Waals surface area contributed by atoms with Crippen LogP contribution in [-0.4, -0.2) is 45.3 Å². The van der Waals surface area contributed by atoms with Gasteiger partial charge in [0.15, 0.2) is 0 Å². The highest BCUT2D eigenvalue weighted by Crippen LogP contribution is 2.32. The van der Waals surface area contributed by atoms with E-state index in [-0.39, 0.29) is 6.04 Å². The maximum Gasteiger partial charge on any atom is 0.211 e. The lowest BCUT2D eigenvalue weighted by Crippen LogP contribution is -2.30. The number of hydrogen-bond donors (Lipinski definition) is 0. The van der Waals surface area contributed by atoms with E-state index < -0.39 is 10.0 Å². The molecule has 118 valence electrons. The van der Waals surface area contributed by atoms with Gasteiger partial charge >= 0.3 is 0 Å². The van der Waals surface area contributed by atoms with Gasteiger partial charge in [-0.15, -0.1) is 0 Å². The Morgan fingerprint density at radius 2 is 2.14 bits per heavy atom. The van der Waals surface area contributed by atoms with Gasteiger partial charge in [-0.1, -0.05) is 0 Å². The molecular formula is C14H19N5O2S. The normalized spacial score (nSPS) is 19.6. The number of nitrogens with zero attached hydrogens (tertiary/aromatic N) is 5. The van der Waals surface area contributed by atoms with Crippen molar-refractivity contribution in [1.82, 2.24) is 24.1 Å². The Morgan fingerprint density at radius 1 is 1.32 bits per heavy atom. The van der Waals surface area contributed by atoms with Crippen LogP contribution in [0.2, 0.25) is 0 Å². The SMILES string of the molecule is CCn1nccc1-c1cnc(C2CCCN2S(C)(=O)=O)cn1. The standard InChI is InChI=1S/C14H19N5O2S/c1-3-18-13(6-7-17-18)11-9-16-12(10-15-11)14-5-4-8-19(14)22(2,20)21/h6-7,9-10,14H,3-5,8H2,1-2H3. The first-order valence-electron chi connectivity index (χ1n) is 7.31. The lowest BCUT2D eigenvalue weighted by molar-refractivity contribution is 0.393. The van der Waals surface area contributed by atoms with E-state index in [4.69, 9.17) is 0 Å². The van der Waals surface area contributed by atoms with E-state index in [2.05, 4.69) is 15.1 Å². The maximum atomic E-state index is 11.8. The average molecular weight is 321 g/mol. The van der Waals surface area contributed by atoms with Gasteiger partial charge < -0.3 is 0 Å². The summed E-state index contributed by atoms with van der Waals surface area (Å²) >= 11 is 0. The zero-order chi connectivity index (χ0) is 15.7. The summed E-state index contributed by atoms with van der Waals surface area (Å²) in [5.41, 5.74) is 2.36. The van der Waals surface area contributed by atoms with Gasteiger partial charge in [-0.2, -0.15) is 9.40 Å². The molecule has 1 atom stereocenters. The fourth-order valence-corrected chi connectivity index (χ4v) is 4.01. The van der Waals surface area contributed by atoms with Gasteiger partial charge in [0.05, 0.1) is 36.1 Å². The van der Waals surface area contributed by atoms with Crippen LogP contribution < -0.4 is 0 Å². The number of aromatic nitrogens is 4. The first-order chi connectivity index (χ1) is 10.5. The van der Waals surface area contributed by atoms with Crippen LogP contribution in [0.25, 0.3) is 11.4 Å². The highest BCUT2D eigenvalue weighted by Gasteiger charge is 2.33. The summed E-state index contributed by atoms with van der Waals surface area (Å²) in [4.78, 5) is 8.89. The Labute approximate surface area is 130 Å². The molecule has 0 aliphatic carbocycles. The smallest absolute Gasteiger partial charge is 0.211 e. The van der Waals surface area contributed by atoms with Crippen LogP contribution in [0, 0.1) is 0 Å². The molecule has 7 nitrogen and oxygen atoms in total. The van der Waals surface area contributed by atoms with E-state index in [1.165, 1.54) is 10.6 Å². The topological polar surface area (TPSA) is 81.0 Å². The largest absolute Gasteiger partial charge is 0.264 e. The predicted molar refractivity (Wildman–Crippen MR) is 82.5 cm³/mol. The second-order valence-corrected chi connectivity index (χ2v) is 7.33. The predicted octanol–water partition coefficient (Wildman–Crippen LogP) is 1.46. The first kappa shape index (κ1) is 15.1. The van der Waals surface area contributed by atoms with E-state index in [1.54, 1.807) is 18.6 Å². The third-order valence-corrected chi connectivity index (χ3v) is 5.21. The molecule has 1 saturated heterocycles. The van der Waals surface area contributed by atoms with Crippen molar-refractivity contribution in [1.29, 1.82) is 0 Å². The Morgan fingerprint density at radius 3 is 2.77 bits per heavy atom. The molecule has 8 heteroatoms. The Bertz CT molecular complexity index is 754. The van der Waals surface area contributed by atoms with Crippen LogP contribution in [0.15, 0.2) is 24.7 Å². The summed E-state index contributed by atoms with van der Waals surface area (Å²) in [6.45, 7) is 3.33. The van der Waals surface area contributed by atoms with E-state index in [1.807, 2.05) is 17.7 Å². The third-order valence-electron chi connectivity index (χ3n) is 3.92. The lowest BCUT2D eigenvalue weighted by atomic mass is 10.1. The van der Waals surface area contributed by atoms with Crippen LogP contribution in [0.4, 0.5) is 0 Å². The molecule has 0 amide bonds. The highest BCUT2D eigenvalue weighted by molar-refractivity contribution is 7.88. The molecular weight excluding hydrogens is 302 g/mol. The van der Waals surface area contributed by atoms with Crippen molar-refractivity contribution in [2.75, 3.05) is 12.8 Å². The average Bonchev–Trinajstić information content (AvgIpc) is 3.15. The fraction of sp³-hybridized carbons (Fsp3) is 0.500. The maximum absolute atomic E-state index is 11.8. The summed E-state index contributed by atoms with van der Waals surface area (Å²) in [6.07, 6.45) is 7.98. The van der Waals surface area contributed by atoms with Crippen molar-refractivity contribution in [3.05, 3.63) is 30.4 Å². The zero-order valence-corrected chi connectivity index (χ0v) is 13.5. The molecule has 1 aliphatic rings. The first-order valence-corrected chi connectivity index (χ1v) is 9.16. The number of rotatable bonds is 4. The summed E-state index contributed by atoms with van der Waals surface area (Å²) in [7, 11) is -3.21. The molecule has 0 aromatic carbocycles. The van der Waals surface area contributed by atoms with Gasteiger partial charge in [-0.3, -0.25) is 14.6 Å². The van der Waals surface area contributed by atoms with Crippen molar-refractivity contribution in [3.8, 4) is 11.4 Å². The Balaban J connectivity index is 1.89. The van der Waals surface area contributed by atoms with Gasteiger partial charge in [0.25, 0.3) is 0 Å². The highest BCUT2D eigenvalue weighted by atomic mass is 32.2. The van der Waals surface area contributed by atoms with Crippen molar-refractivity contribution < 1.29 is 8.42 Å². The van der Waals surface area contributed by atoms with Crippen molar-refractivity contribution >= 4 is 10.0 Å². The fourth-order valence-electron chi connectivity index (χ4n) is 2.88. The van der Waals surface area contributed by atoms with Gasteiger partial charge in [0, 0.05) is 19.3 Å². The zero-order valence-electron chi connectivity index (χ0n) is 12.7. The monoisotopic (exact) mass is 321 g/mol. The van der Waals surface area contributed by atoms with Gasteiger partial charge in [0.2, 0.25) is 10.0 Å². The summed E-state index contributed by atoms with van der Waals surface area (Å²) < 4.78 is 27.0. The number of aryl methyl sites for hydroxylation is 1. The van der Waals surface area contributed by atoms with Crippen molar-refractivity contribution in [2.24, 2.45) is 0 Å². The Kier molecular flexibility index (Phi) is 3.96. The van der Waals surface area contributed by atoms with Crippen molar-refractivity contribution in [2.45, 2.75) is 32.4 Å². The summed E-state index contributed by atoms with van der Waals surface area (Å²) in [5.74, 6) is 0. The molecule has 0 radical (unpaired) electrons. The summed E-state index contributed by atoms with van der Waals surface area (Å²) in [5, 5.41) is 4.22. The van der Waals surface area contributed by atoms with E-state index in [9.17, 15) is 8.42 Å². The third kappa shape index (κ3) is 2.76. The molecule has 0 spiro atoms. The molecule has 3 heterocycles. The molecule has 2 aromatic rings. The van der Waals surface area contributed by atoms with Gasteiger partial charge in [0.1, 0.15) is 5.69 Å². The second-order valence-electron chi connectivity index (χ2n) is 5.39. The summed E-state index contributed by atoms with van der Waals surface area (Å²) in [6, 6.07) is 1.69. The minimum Gasteiger partial charge on any atom is -0.264 e.